The maximum absolute atomic E-state index is 12.4. The van der Waals surface area contributed by atoms with Crippen molar-refractivity contribution >= 4 is 5.78 Å². The number of hydrogen-bond donors (Lipinski definition) is 2. The van der Waals surface area contributed by atoms with Gasteiger partial charge in [-0.1, -0.05) is 30.3 Å². The Morgan fingerprint density at radius 1 is 1.15 bits per heavy atom. The van der Waals surface area contributed by atoms with E-state index in [0.717, 1.165) is 26.0 Å². The van der Waals surface area contributed by atoms with Crippen LogP contribution in [0.4, 0.5) is 0 Å². The van der Waals surface area contributed by atoms with E-state index in [1.807, 2.05) is 18.2 Å². The first-order chi connectivity index (χ1) is 12.7. The minimum absolute atomic E-state index is 0.0130. The van der Waals surface area contributed by atoms with E-state index >= 15 is 0 Å². The molecule has 1 fully saturated rings. The summed E-state index contributed by atoms with van der Waals surface area (Å²) >= 11 is 0. The molecule has 0 radical (unpaired) electrons. The van der Waals surface area contributed by atoms with Crippen LogP contribution < -0.4 is 10.1 Å². The molecule has 1 saturated heterocycles. The molecule has 1 aliphatic rings. The van der Waals surface area contributed by atoms with Crippen LogP contribution in [0.15, 0.2) is 54.6 Å². The molecule has 5 nitrogen and oxygen atoms in total. The Balaban J connectivity index is 1.41. The Morgan fingerprint density at radius 2 is 1.88 bits per heavy atom. The van der Waals surface area contributed by atoms with Crippen LogP contribution in [0.3, 0.4) is 0 Å². The molecule has 0 aliphatic carbocycles. The Bertz CT molecular complexity index is 681. The van der Waals surface area contributed by atoms with Crippen LogP contribution in [0, 0.1) is 0 Å². The van der Waals surface area contributed by atoms with Gasteiger partial charge in [-0.2, -0.15) is 0 Å². The van der Waals surface area contributed by atoms with Gasteiger partial charge in [0.05, 0.1) is 0 Å². The molecular weight excluding hydrogens is 330 g/mol. The van der Waals surface area contributed by atoms with Crippen molar-refractivity contribution < 1.29 is 24.7 Å². The Hall–Kier alpha value is -2.21. The summed E-state index contributed by atoms with van der Waals surface area (Å²) in [5.74, 6) is 0.633. The standard InChI is InChI=1S/C21H25NO4/c23-18(13-22-14-20-7-4-12-25-20)15-26-19-10-8-17(9-11-19)21(24)16-5-2-1-3-6-16/h1-3,5-6,8-11,18,20,22-23H,4,7,12-15H2/p+1/t18-,20+/m1/s1. The molecule has 0 amide bonds. The SMILES string of the molecule is O=C(c1ccccc1)c1ccc(OC[C@H](O)C[NH2+]C[C@@H]2CCCO2)cc1. The number of aliphatic hydroxyl groups is 1. The average Bonchev–Trinajstić information content (AvgIpc) is 3.20. The predicted octanol–water partition coefficient (Wildman–Crippen LogP) is 1.40. The molecule has 26 heavy (non-hydrogen) atoms. The van der Waals surface area contributed by atoms with Gasteiger partial charge in [0.2, 0.25) is 0 Å². The zero-order chi connectivity index (χ0) is 18.2. The number of ether oxygens (including phenoxy) is 2. The van der Waals surface area contributed by atoms with E-state index < -0.39 is 6.10 Å². The summed E-state index contributed by atoms with van der Waals surface area (Å²) in [7, 11) is 0. The normalized spacial score (nSPS) is 17.8. The molecule has 5 heteroatoms. The first-order valence-electron chi connectivity index (χ1n) is 9.16. The van der Waals surface area contributed by atoms with Crippen molar-refractivity contribution in [3.63, 3.8) is 0 Å². The number of carbonyl (C=O) groups is 1. The van der Waals surface area contributed by atoms with E-state index in [1.165, 1.54) is 0 Å². The van der Waals surface area contributed by atoms with Crippen molar-refractivity contribution in [3.8, 4) is 5.75 Å². The summed E-state index contributed by atoms with van der Waals surface area (Å²) in [5, 5.41) is 12.1. The third kappa shape index (κ3) is 5.39. The molecule has 1 heterocycles. The van der Waals surface area contributed by atoms with Gasteiger partial charge in [0.25, 0.3) is 0 Å². The topological polar surface area (TPSA) is 72.4 Å². The van der Waals surface area contributed by atoms with Crippen LogP contribution in [-0.4, -0.2) is 49.4 Å². The molecule has 138 valence electrons. The minimum atomic E-state index is -0.540. The maximum atomic E-state index is 12.4. The molecule has 2 atom stereocenters. The summed E-state index contributed by atoms with van der Waals surface area (Å²) in [4.78, 5) is 12.4. The number of rotatable bonds is 9. The van der Waals surface area contributed by atoms with Gasteiger partial charge in [-0.25, -0.2) is 0 Å². The summed E-state index contributed by atoms with van der Waals surface area (Å²) < 4.78 is 11.2. The molecule has 1 aliphatic heterocycles. The lowest BCUT2D eigenvalue weighted by Crippen LogP contribution is -2.88. The summed E-state index contributed by atoms with van der Waals surface area (Å²) in [5.41, 5.74) is 1.28. The third-order valence-electron chi connectivity index (χ3n) is 4.49. The van der Waals surface area contributed by atoms with E-state index in [0.29, 0.717) is 29.5 Å². The van der Waals surface area contributed by atoms with E-state index in [-0.39, 0.29) is 12.4 Å². The fourth-order valence-corrected chi connectivity index (χ4v) is 3.02. The van der Waals surface area contributed by atoms with Crippen LogP contribution >= 0.6 is 0 Å². The largest absolute Gasteiger partial charge is 0.491 e. The lowest BCUT2D eigenvalue weighted by atomic mass is 10.0. The van der Waals surface area contributed by atoms with E-state index in [1.54, 1.807) is 36.4 Å². The average molecular weight is 356 g/mol. The highest BCUT2D eigenvalue weighted by atomic mass is 16.5. The van der Waals surface area contributed by atoms with Crippen molar-refractivity contribution in [2.24, 2.45) is 0 Å². The fourth-order valence-electron chi connectivity index (χ4n) is 3.02. The monoisotopic (exact) mass is 356 g/mol. The highest BCUT2D eigenvalue weighted by Crippen LogP contribution is 2.15. The van der Waals surface area contributed by atoms with Crippen LogP contribution in [-0.2, 0) is 4.74 Å². The lowest BCUT2D eigenvalue weighted by Gasteiger charge is -2.13. The Morgan fingerprint density at radius 3 is 2.58 bits per heavy atom. The summed E-state index contributed by atoms with van der Waals surface area (Å²) in [6, 6.07) is 16.2. The van der Waals surface area contributed by atoms with Gasteiger partial charge in [0.1, 0.15) is 37.7 Å². The van der Waals surface area contributed by atoms with Gasteiger partial charge in [-0.15, -0.1) is 0 Å². The molecule has 0 spiro atoms. The number of nitrogens with two attached hydrogens (primary N) is 1. The number of quaternary nitrogens is 1. The zero-order valence-corrected chi connectivity index (χ0v) is 14.8. The van der Waals surface area contributed by atoms with Crippen molar-refractivity contribution in [2.45, 2.75) is 25.0 Å². The Labute approximate surface area is 153 Å². The summed E-state index contributed by atoms with van der Waals surface area (Å²) in [6.07, 6.45) is 2.02. The first kappa shape index (κ1) is 18.6. The zero-order valence-electron chi connectivity index (χ0n) is 14.8. The van der Waals surface area contributed by atoms with Crippen molar-refractivity contribution in [1.29, 1.82) is 0 Å². The molecule has 2 aromatic carbocycles. The molecule has 0 aromatic heterocycles. The van der Waals surface area contributed by atoms with Gasteiger partial charge < -0.3 is 19.9 Å². The van der Waals surface area contributed by atoms with E-state index in [9.17, 15) is 9.90 Å². The smallest absolute Gasteiger partial charge is 0.193 e. The predicted molar refractivity (Wildman–Crippen MR) is 98.5 cm³/mol. The lowest BCUT2D eigenvalue weighted by molar-refractivity contribution is -0.666. The second-order valence-electron chi connectivity index (χ2n) is 6.58. The number of hydrogen-bond acceptors (Lipinski definition) is 4. The van der Waals surface area contributed by atoms with Gasteiger partial charge in [0, 0.05) is 17.7 Å². The van der Waals surface area contributed by atoms with Crippen molar-refractivity contribution in [2.75, 3.05) is 26.3 Å². The highest BCUT2D eigenvalue weighted by molar-refractivity contribution is 6.08. The first-order valence-corrected chi connectivity index (χ1v) is 9.16. The van der Waals surface area contributed by atoms with Gasteiger partial charge in [0.15, 0.2) is 5.78 Å². The number of benzene rings is 2. The fraction of sp³-hybridized carbons (Fsp3) is 0.381. The number of ketones is 1. The van der Waals surface area contributed by atoms with Crippen LogP contribution in [0.5, 0.6) is 5.75 Å². The molecule has 0 unspecified atom stereocenters. The second kappa shape index (κ2) is 9.48. The molecular formula is C21H26NO4+. The molecule has 0 saturated carbocycles. The Kier molecular flexibility index (Phi) is 6.77. The molecule has 3 rings (SSSR count). The highest BCUT2D eigenvalue weighted by Gasteiger charge is 2.18. The van der Waals surface area contributed by atoms with Crippen LogP contribution in [0.2, 0.25) is 0 Å². The van der Waals surface area contributed by atoms with Crippen molar-refractivity contribution in [1.82, 2.24) is 0 Å². The van der Waals surface area contributed by atoms with Gasteiger partial charge in [-0.3, -0.25) is 4.79 Å². The van der Waals surface area contributed by atoms with E-state index in [4.69, 9.17) is 9.47 Å². The van der Waals surface area contributed by atoms with Crippen molar-refractivity contribution in [3.05, 3.63) is 65.7 Å². The molecule has 2 aromatic rings. The molecule has 0 bridgehead atoms. The minimum Gasteiger partial charge on any atom is -0.491 e. The van der Waals surface area contributed by atoms with Gasteiger partial charge in [-0.05, 0) is 37.1 Å². The second-order valence-corrected chi connectivity index (χ2v) is 6.58. The number of aliphatic hydroxyl groups excluding tert-OH is 1. The maximum Gasteiger partial charge on any atom is 0.193 e. The van der Waals surface area contributed by atoms with E-state index in [2.05, 4.69) is 5.32 Å². The third-order valence-corrected chi connectivity index (χ3v) is 4.49. The van der Waals surface area contributed by atoms with Crippen LogP contribution in [0.25, 0.3) is 0 Å². The quantitative estimate of drug-likeness (QED) is 0.666. The van der Waals surface area contributed by atoms with Gasteiger partial charge >= 0.3 is 0 Å². The number of carbonyl (C=O) groups excluding carboxylic acids is 1. The summed E-state index contributed by atoms with van der Waals surface area (Å²) in [6.45, 7) is 2.55. The molecule has 3 N–H and O–H groups in total. The van der Waals surface area contributed by atoms with Crippen LogP contribution in [0.1, 0.15) is 28.8 Å².